The third-order valence-corrected chi connectivity index (χ3v) is 3.95. The number of anilines is 1. The SMILES string of the molecule is CC1CCCC(CN)(Nc2cccc(Cl)c2)C1. The van der Waals surface area contributed by atoms with Crippen molar-refractivity contribution in [3.63, 3.8) is 0 Å². The zero-order chi connectivity index (χ0) is 12.3. The van der Waals surface area contributed by atoms with E-state index in [-0.39, 0.29) is 5.54 Å². The molecule has 1 saturated carbocycles. The number of halogens is 1. The fourth-order valence-corrected chi connectivity index (χ4v) is 3.07. The van der Waals surface area contributed by atoms with Crippen LogP contribution in [0.3, 0.4) is 0 Å². The Morgan fingerprint density at radius 2 is 2.35 bits per heavy atom. The van der Waals surface area contributed by atoms with Gasteiger partial charge in [0.15, 0.2) is 0 Å². The van der Waals surface area contributed by atoms with Crippen LogP contribution in [0.4, 0.5) is 5.69 Å². The predicted molar refractivity (Wildman–Crippen MR) is 74.5 cm³/mol. The molecule has 2 unspecified atom stereocenters. The van der Waals surface area contributed by atoms with E-state index in [1.165, 1.54) is 12.8 Å². The van der Waals surface area contributed by atoms with E-state index in [2.05, 4.69) is 18.3 Å². The van der Waals surface area contributed by atoms with Crippen LogP contribution in [0.25, 0.3) is 0 Å². The number of benzene rings is 1. The third-order valence-electron chi connectivity index (χ3n) is 3.72. The van der Waals surface area contributed by atoms with Gasteiger partial charge in [-0.3, -0.25) is 0 Å². The second kappa shape index (κ2) is 5.28. The zero-order valence-corrected chi connectivity index (χ0v) is 11.1. The van der Waals surface area contributed by atoms with Crippen LogP contribution in [-0.2, 0) is 0 Å². The Bertz CT molecular complexity index is 380. The quantitative estimate of drug-likeness (QED) is 0.862. The van der Waals surface area contributed by atoms with Gasteiger partial charge in [0.25, 0.3) is 0 Å². The molecule has 3 heteroatoms. The van der Waals surface area contributed by atoms with Gasteiger partial charge in [-0.15, -0.1) is 0 Å². The molecule has 0 radical (unpaired) electrons. The Balaban J connectivity index is 2.13. The summed E-state index contributed by atoms with van der Waals surface area (Å²) in [7, 11) is 0. The highest BCUT2D eigenvalue weighted by atomic mass is 35.5. The van der Waals surface area contributed by atoms with Crippen LogP contribution in [-0.4, -0.2) is 12.1 Å². The normalized spacial score (nSPS) is 29.0. The first-order valence-corrected chi connectivity index (χ1v) is 6.75. The van der Waals surface area contributed by atoms with Crippen molar-refractivity contribution in [1.29, 1.82) is 0 Å². The Kier molecular flexibility index (Phi) is 3.95. The molecule has 0 saturated heterocycles. The van der Waals surface area contributed by atoms with E-state index in [0.717, 1.165) is 29.5 Å². The zero-order valence-electron chi connectivity index (χ0n) is 10.4. The van der Waals surface area contributed by atoms with E-state index < -0.39 is 0 Å². The first kappa shape index (κ1) is 12.7. The van der Waals surface area contributed by atoms with Gasteiger partial charge in [0, 0.05) is 22.8 Å². The molecule has 1 aliphatic carbocycles. The maximum absolute atomic E-state index is 6.01. The van der Waals surface area contributed by atoms with Gasteiger partial charge in [0.05, 0.1) is 0 Å². The van der Waals surface area contributed by atoms with Crippen molar-refractivity contribution in [1.82, 2.24) is 0 Å². The largest absolute Gasteiger partial charge is 0.378 e. The van der Waals surface area contributed by atoms with Gasteiger partial charge in [-0.1, -0.05) is 37.4 Å². The standard InChI is InChI=1S/C14H21ClN2/c1-11-4-3-7-14(9-11,10-16)17-13-6-2-5-12(15)8-13/h2,5-6,8,11,17H,3-4,7,9-10,16H2,1H3. The molecular weight excluding hydrogens is 232 g/mol. The van der Waals surface area contributed by atoms with Gasteiger partial charge in [-0.05, 0) is 37.0 Å². The van der Waals surface area contributed by atoms with Crippen LogP contribution in [0.15, 0.2) is 24.3 Å². The van der Waals surface area contributed by atoms with Crippen LogP contribution in [0.2, 0.25) is 5.02 Å². The molecule has 94 valence electrons. The Hall–Kier alpha value is -0.730. The lowest BCUT2D eigenvalue weighted by atomic mass is 9.76. The van der Waals surface area contributed by atoms with Crippen molar-refractivity contribution in [2.45, 2.75) is 38.1 Å². The summed E-state index contributed by atoms with van der Waals surface area (Å²) in [6.45, 7) is 2.99. The molecular formula is C14H21ClN2. The molecule has 0 spiro atoms. The molecule has 2 atom stereocenters. The van der Waals surface area contributed by atoms with Crippen molar-refractivity contribution in [2.24, 2.45) is 11.7 Å². The smallest absolute Gasteiger partial charge is 0.0498 e. The lowest BCUT2D eigenvalue weighted by Gasteiger charge is -2.40. The average molecular weight is 253 g/mol. The molecule has 1 fully saturated rings. The monoisotopic (exact) mass is 252 g/mol. The maximum atomic E-state index is 6.01. The number of rotatable bonds is 3. The highest BCUT2D eigenvalue weighted by Gasteiger charge is 2.33. The van der Waals surface area contributed by atoms with Gasteiger partial charge in [-0.25, -0.2) is 0 Å². The van der Waals surface area contributed by atoms with Crippen molar-refractivity contribution in [2.75, 3.05) is 11.9 Å². The van der Waals surface area contributed by atoms with E-state index in [0.29, 0.717) is 6.54 Å². The summed E-state index contributed by atoms with van der Waals surface area (Å²) in [6.07, 6.45) is 4.88. The first-order chi connectivity index (χ1) is 8.13. The topological polar surface area (TPSA) is 38.0 Å². The minimum absolute atomic E-state index is 0.0579. The molecule has 2 rings (SSSR count). The number of nitrogens with one attached hydrogen (secondary N) is 1. The van der Waals surface area contributed by atoms with Crippen molar-refractivity contribution < 1.29 is 0 Å². The van der Waals surface area contributed by atoms with Crippen LogP contribution >= 0.6 is 11.6 Å². The van der Waals surface area contributed by atoms with Crippen molar-refractivity contribution in [3.8, 4) is 0 Å². The lowest BCUT2D eigenvalue weighted by molar-refractivity contribution is 0.264. The molecule has 0 amide bonds. The first-order valence-electron chi connectivity index (χ1n) is 6.37. The van der Waals surface area contributed by atoms with E-state index in [1.807, 2.05) is 18.2 Å². The highest BCUT2D eigenvalue weighted by Crippen LogP contribution is 2.34. The predicted octanol–water partition coefficient (Wildman–Crippen LogP) is 3.66. The molecule has 1 aromatic rings. The molecule has 0 heterocycles. The van der Waals surface area contributed by atoms with Gasteiger partial charge >= 0.3 is 0 Å². The van der Waals surface area contributed by atoms with Crippen molar-refractivity contribution >= 4 is 17.3 Å². The second-order valence-electron chi connectivity index (χ2n) is 5.32. The highest BCUT2D eigenvalue weighted by molar-refractivity contribution is 6.30. The minimum atomic E-state index is 0.0579. The minimum Gasteiger partial charge on any atom is -0.378 e. The summed E-state index contributed by atoms with van der Waals surface area (Å²) in [4.78, 5) is 0. The van der Waals surface area contributed by atoms with Gasteiger partial charge in [0.2, 0.25) is 0 Å². The van der Waals surface area contributed by atoms with Crippen LogP contribution in [0.5, 0.6) is 0 Å². The molecule has 17 heavy (non-hydrogen) atoms. The van der Waals surface area contributed by atoms with E-state index in [1.54, 1.807) is 0 Å². The Morgan fingerprint density at radius 1 is 1.53 bits per heavy atom. The molecule has 0 bridgehead atoms. The summed E-state index contributed by atoms with van der Waals surface area (Å²) in [5.74, 6) is 0.749. The Morgan fingerprint density at radius 3 is 3.00 bits per heavy atom. The fraction of sp³-hybridized carbons (Fsp3) is 0.571. The third kappa shape index (κ3) is 3.14. The molecule has 2 nitrogen and oxygen atoms in total. The number of hydrogen-bond acceptors (Lipinski definition) is 2. The summed E-state index contributed by atoms with van der Waals surface area (Å²) >= 11 is 6.01. The summed E-state index contributed by atoms with van der Waals surface area (Å²) in [5.41, 5.74) is 7.13. The van der Waals surface area contributed by atoms with E-state index in [4.69, 9.17) is 17.3 Å². The van der Waals surface area contributed by atoms with E-state index in [9.17, 15) is 0 Å². The average Bonchev–Trinajstić information content (AvgIpc) is 2.29. The van der Waals surface area contributed by atoms with E-state index >= 15 is 0 Å². The maximum Gasteiger partial charge on any atom is 0.0498 e. The fourth-order valence-electron chi connectivity index (χ4n) is 2.88. The molecule has 0 aromatic heterocycles. The van der Waals surface area contributed by atoms with Crippen molar-refractivity contribution in [3.05, 3.63) is 29.3 Å². The second-order valence-corrected chi connectivity index (χ2v) is 5.76. The lowest BCUT2D eigenvalue weighted by Crippen LogP contribution is -2.48. The molecule has 1 aromatic carbocycles. The van der Waals surface area contributed by atoms with Gasteiger partial charge in [-0.2, -0.15) is 0 Å². The van der Waals surface area contributed by atoms with Crippen LogP contribution in [0.1, 0.15) is 32.6 Å². The molecule has 0 aliphatic heterocycles. The summed E-state index contributed by atoms with van der Waals surface area (Å²) in [5, 5.41) is 4.38. The Labute approximate surface area is 109 Å². The van der Waals surface area contributed by atoms with Crippen LogP contribution in [0, 0.1) is 5.92 Å². The van der Waals surface area contributed by atoms with Gasteiger partial charge in [0.1, 0.15) is 0 Å². The number of hydrogen-bond donors (Lipinski definition) is 2. The van der Waals surface area contributed by atoms with Gasteiger partial charge < -0.3 is 11.1 Å². The van der Waals surface area contributed by atoms with Crippen LogP contribution < -0.4 is 11.1 Å². The summed E-state index contributed by atoms with van der Waals surface area (Å²) in [6, 6.07) is 7.90. The molecule has 3 N–H and O–H groups in total. The summed E-state index contributed by atoms with van der Waals surface area (Å²) < 4.78 is 0. The number of nitrogens with two attached hydrogens (primary N) is 1. The molecule has 1 aliphatic rings.